The minimum absolute atomic E-state index is 0.216. The van der Waals surface area contributed by atoms with Crippen molar-refractivity contribution >= 4 is 5.91 Å². The SMILES string of the molecule is CCCC1CCN(C(=O)c2ccc3c(c2)CNC3)C1. The molecule has 2 aliphatic rings. The van der Waals surface area contributed by atoms with Gasteiger partial charge < -0.3 is 10.2 Å². The maximum Gasteiger partial charge on any atom is 0.253 e. The van der Waals surface area contributed by atoms with Crippen LogP contribution in [0.3, 0.4) is 0 Å². The molecule has 1 fully saturated rings. The van der Waals surface area contributed by atoms with E-state index in [0.717, 1.165) is 31.7 Å². The average Bonchev–Trinajstić information content (AvgIpc) is 3.05. The first kappa shape index (κ1) is 12.7. The molecule has 1 N–H and O–H groups in total. The molecular formula is C16H22N2O. The molecule has 0 aliphatic carbocycles. The molecule has 2 heterocycles. The number of fused-ring (bicyclic) bond motifs is 1. The number of carbonyl (C=O) groups is 1. The van der Waals surface area contributed by atoms with Gasteiger partial charge in [0.1, 0.15) is 0 Å². The van der Waals surface area contributed by atoms with E-state index in [1.165, 1.54) is 30.4 Å². The third-order valence-electron chi connectivity index (χ3n) is 4.35. The monoisotopic (exact) mass is 258 g/mol. The van der Waals surface area contributed by atoms with Crippen LogP contribution in [-0.4, -0.2) is 23.9 Å². The number of nitrogens with one attached hydrogen (secondary N) is 1. The highest BCUT2D eigenvalue weighted by Crippen LogP contribution is 2.24. The van der Waals surface area contributed by atoms with Crippen LogP contribution in [0.5, 0.6) is 0 Å². The molecule has 3 heteroatoms. The zero-order valence-electron chi connectivity index (χ0n) is 11.6. The van der Waals surface area contributed by atoms with E-state index in [1.54, 1.807) is 0 Å². The molecule has 1 aromatic rings. The first-order valence-electron chi connectivity index (χ1n) is 7.39. The van der Waals surface area contributed by atoms with Gasteiger partial charge in [0.15, 0.2) is 0 Å². The topological polar surface area (TPSA) is 32.3 Å². The molecule has 0 aromatic heterocycles. The van der Waals surface area contributed by atoms with E-state index in [0.29, 0.717) is 5.92 Å². The van der Waals surface area contributed by atoms with Gasteiger partial charge in [0.05, 0.1) is 0 Å². The van der Waals surface area contributed by atoms with Crippen molar-refractivity contribution in [2.45, 2.75) is 39.3 Å². The van der Waals surface area contributed by atoms with Crippen molar-refractivity contribution < 1.29 is 4.79 Å². The highest BCUT2D eigenvalue weighted by atomic mass is 16.2. The van der Waals surface area contributed by atoms with Crippen LogP contribution in [0.4, 0.5) is 0 Å². The average molecular weight is 258 g/mol. The molecule has 3 rings (SSSR count). The Bertz CT molecular complexity index is 484. The first-order chi connectivity index (χ1) is 9.28. The number of rotatable bonds is 3. The quantitative estimate of drug-likeness (QED) is 0.903. The lowest BCUT2D eigenvalue weighted by Gasteiger charge is -2.17. The Morgan fingerprint density at radius 3 is 3.05 bits per heavy atom. The number of benzene rings is 1. The summed E-state index contributed by atoms with van der Waals surface area (Å²) in [5.74, 6) is 0.929. The lowest BCUT2D eigenvalue weighted by atomic mass is 10.0. The fraction of sp³-hybridized carbons (Fsp3) is 0.562. The Labute approximate surface area is 115 Å². The largest absolute Gasteiger partial charge is 0.338 e. The van der Waals surface area contributed by atoms with Crippen molar-refractivity contribution in [3.8, 4) is 0 Å². The van der Waals surface area contributed by atoms with Crippen LogP contribution in [0.25, 0.3) is 0 Å². The van der Waals surface area contributed by atoms with Crippen molar-refractivity contribution in [3.05, 3.63) is 34.9 Å². The summed E-state index contributed by atoms with van der Waals surface area (Å²) >= 11 is 0. The number of carbonyl (C=O) groups excluding carboxylic acids is 1. The predicted molar refractivity (Wildman–Crippen MR) is 75.9 cm³/mol. The standard InChI is InChI=1S/C16H22N2O/c1-2-3-12-6-7-18(11-12)16(19)13-4-5-14-9-17-10-15(14)8-13/h4-5,8,12,17H,2-3,6-7,9-11H2,1H3. The second kappa shape index (κ2) is 5.33. The molecule has 102 valence electrons. The van der Waals surface area contributed by atoms with Crippen LogP contribution in [0.15, 0.2) is 18.2 Å². The molecule has 0 bridgehead atoms. The fourth-order valence-corrected chi connectivity index (χ4v) is 3.27. The minimum atomic E-state index is 0.216. The minimum Gasteiger partial charge on any atom is -0.338 e. The van der Waals surface area contributed by atoms with Gasteiger partial charge in [-0.2, -0.15) is 0 Å². The third-order valence-corrected chi connectivity index (χ3v) is 4.35. The van der Waals surface area contributed by atoms with E-state index in [4.69, 9.17) is 0 Å². The molecule has 2 aliphatic heterocycles. The summed E-state index contributed by atoms with van der Waals surface area (Å²) in [6.07, 6.45) is 3.64. The van der Waals surface area contributed by atoms with Crippen LogP contribution in [-0.2, 0) is 13.1 Å². The van der Waals surface area contributed by atoms with Crippen LogP contribution in [0.2, 0.25) is 0 Å². The van der Waals surface area contributed by atoms with E-state index in [9.17, 15) is 4.79 Å². The van der Waals surface area contributed by atoms with E-state index in [1.807, 2.05) is 11.0 Å². The molecule has 1 atom stereocenters. The van der Waals surface area contributed by atoms with Crippen molar-refractivity contribution in [2.75, 3.05) is 13.1 Å². The van der Waals surface area contributed by atoms with Crippen molar-refractivity contribution in [2.24, 2.45) is 5.92 Å². The van der Waals surface area contributed by atoms with Crippen LogP contribution in [0.1, 0.15) is 47.7 Å². The lowest BCUT2D eigenvalue weighted by Crippen LogP contribution is -2.28. The molecule has 0 spiro atoms. The number of amides is 1. The second-order valence-electron chi connectivity index (χ2n) is 5.78. The van der Waals surface area contributed by atoms with E-state index in [2.05, 4.69) is 24.4 Å². The van der Waals surface area contributed by atoms with Gasteiger partial charge in [-0.25, -0.2) is 0 Å². The summed E-state index contributed by atoms with van der Waals surface area (Å²) < 4.78 is 0. The molecular weight excluding hydrogens is 236 g/mol. The van der Waals surface area contributed by atoms with Crippen molar-refractivity contribution in [3.63, 3.8) is 0 Å². The van der Waals surface area contributed by atoms with Crippen LogP contribution in [0, 0.1) is 5.92 Å². The summed E-state index contributed by atoms with van der Waals surface area (Å²) in [7, 11) is 0. The summed E-state index contributed by atoms with van der Waals surface area (Å²) in [4.78, 5) is 14.5. The zero-order chi connectivity index (χ0) is 13.2. The van der Waals surface area contributed by atoms with Gasteiger partial charge in [0.2, 0.25) is 0 Å². The van der Waals surface area contributed by atoms with E-state index < -0.39 is 0 Å². The molecule has 3 nitrogen and oxygen atoms in total. The molecule has 1 aromatic carbocycles. The summed E-state index contributed by atoms with van der Waals surface area (Å²) in [5.41, 5.74) is 3.48. The van der Waals surface area contributed by atoms with Gasteiger partial charge >= 0.3 is 0 Å². The first-order valence-corrected chi connectivity index (χ1v) is 7.39. The maximum atomic E-state index is 12.5. The summed E-state index contributed by atoms with van der Waals surface area (Å²) in [6.45, 7) is 5.93. The Morgan fingerprint density at radius 2 is 2.21 bits per heavy atom. The van der Waals surface area contributed by atoms with E-state index in [-0.39, 0.29) is 5.91 Å². The number of hydrogen-bond donors (Lipinski definition) is 1. The van der Waals surface area contributed by atoms with Crippen molar-refractivity contribution in [1.82, 2.24) is 10.2 Å². The highest BCUT2D eigenvalue weighted by molar-refractivity contribution is 5.94. The zero-order valence-corrected chi connectivity index (χ0v) is 11.6. The molecule has 1 unspecified atom stereocenters. The van der Waals surface area contributed by atoms with Crippen LogP contribution < -0.4 is 5.32 Å². The van der Waals surface area contributed by atoms with Gasteiger partial charge in [-0.1, -0.05) is 19.4 Å². The predicted octanol–water partition coefficient (Wildman–Crippen LogP) is 2.55. The second-order valence-corrected chi connectivity index (χ2v) is 5.78. The molecule has 0 radical (unpaired) electrons. The normalized spacial score (nSPS) is 21.7. The maximum absolute atomic E-state index is 12.5. The van der Waals surface area contributed by atoms with Gasteiger partial charge in [0.25, 0.3) is 5.91 Å². The lowest BCUT2D eigenvalue weighted by molar-refractivity contribution is 0.0786. The van der Waals surface area contributed by atoms with Gasteiger partial charge in [-0.05, 0) is 42.0 Å². The van der Waals surface area contributed by atoms with Gasteiger partial charge in [-0.3, -0.25) is 4.79 Å². The van der Waals surface area contributed by atoms with Crippen molar-refractivity contribution in [1.29, 1.82) is 0 Å². The van der Waals surface area contributed by atoms with Gasteiger partial charge in [0, 0.05) is 31.7 Å². The molecule has 1 saturated heterocycles. The molecule has 19 heavy (non-hydrogen) atoms. The number of hydrogen-bond acceptors (Lipinski definition) is 2. The summed E-state index contributed by atoms with van der Waals surface area (Å²) in [6, 6.07) is 6.16. The van der Waals surface area contributed by atoms with Gasteiger partial charge in [-0.15, -0.1) is 0 Å². The Balaban J connectivity index is 1.71. The third kappa shape index (κ3) is 2.52. The van der Waals surface area contributed by atoms with E-state index >= 15 is 0 Å². The van der Waals surface area contributed by atoms with Crippen LogP contribution >= 0.6 is 0 Å². The smallest absolute Gasteiger partial charge is 0.253 e. The fourth-order valence-electron chi connectivity index (χ4n) is 3.27. The Hall–Kier alpha value is -1.35. The Morgan fingerprint density at radius 1 is 1.37 bits per heavy atom. The highest BCUT2D eigenvalue weighted by Gasteiger charge is 2.26. The molecule has 0 saturated carbocycles. The molecule has 1 amide bonds. The summed E-state index contributed by atoms with van der Waals surface area (Å²) in [5, 5.41) is 3.32. The number of nitrogens with zero attached hydrogens (tertiary/aromatic N) is 1. The number of likely N-dealkylation sites (tertiary alicyclic amines) is 1. The Kier molecular flexibility index (Phi) is 3.56.